The third-order valence-electron chi connectivity index (χ3n) is 9.29. The van der Waals surface area contributed by atoms with Crippen LogP contribution in [0.15, 0.2) is 44.2 Å². The van der Waals surface area contributed by atoms with E-state index in [1.807, 2.05) is 30.1 Å². The Bertz CT molecular complexity index is 1290. The Morgan fingerprint density at radius 2 is 1.79 bits per heavy atom. The van der Waals surface area contributed by atoms with Gasteiger partial charge in [0.15, 0.2) is 0 Å². The van der Waals surface area contributed by atoms with E-state index in [1.165, 1.54) is 43.2 Å². The first-order valence-electron chi connectivity index (χ1n) is 15.3. The Labute approximate surface area is 278 Å². The number of halogens is 2. The first-order chi connectivity index (χ1) is 20.5. The van der Waals surface area contributed by atoms with E-state index in [2.05, 4.69) is 68.5 Å². The summed E-state index contributed by atoms with van der Waals surface area (Å²) in [7, 11) is 3.45. The lowest BCUT2D eigenvalue weighted by Crippen LogP contribution is -2.50. The Balaban J connectivity index is 1.41. The predicted octanol–water partition coefficient (Wildman–Crippen LogP) is 7.54. The van der Waals surface area contributed by atoms with Crippen LogP contribution in [0.1, 0.15) is 85.8 Å². The van der Waals surface area contributed by atoms with E-state index in [0.717, 1.165) is 62.0 Å². The van der Waals surface area contributed by atoms with E-state index >= 15 is 0 Å². The lowest BCUT2D eigenvalue weighted by atomic mass is 9.62. The third-order valence-corrected chi connectivity index (χ3v) is 11.9. The minimum atomic E-state index is -0.417. The topological polar surface area (TPSA) is 78.5 Å². The highest BCUT2D eigenvalue weighted by Crippen LogP contribution is 2.46. The van der Waals surface area contributed by atoms with E-state index in [0.29, 0.717) is 18.5 Å². The average Bonchev–Trinajstić information content (AvgIpc) is 2.96. The molecule has 0 radical (unpaired) electrons. The van der Waals surface area contributed by atoms with E-state index in [9.17, 15) is 14.4 Å². The number of benzene rings is 2. The molecule has 0 aliphatic heterocycles. The molecule has 2 aliphatic carbocycles. The van der Waals surface area contributed by atoms with Crippen molar-refractivity contribution in [3.63, 3.8) is 0 Å². The van der Waals surface area contributed by atoms with Gasteiger partial charge in [0.25, 0.3) is 0 Å². The zero-order chi connectivity index (χ0) is 31.1. The quantitative estimate of drug-likeness (QED) is 0.154. The number of hydrogen-bond acceptors (Lipinski definition) is 6. The van der Waals surface area contributed by atoms with Crippen molar-refractivity contribution >= 4 is 62.1 Å². The average molecular weight is 736 g/mol. The van der Waals surface area contributed by atoms with Crippen LogP contribution < -0.4 is 10.6 Å². The highest BCUT2D eigenvalue weighted by atomic mass is 79.9. The summed E-state index contributed by atoms with van der Waals surface area (Å²) in [6.07, 6.45) is 9.14. The number of hydrogen-bond donors (Lipinski definition) is 2. The van der Waals surface area contributed by atoms with Crippen molar-refractivity contribution in [2.24, 2.45) is 17.8 Å². The molecular weight excluding hydrogens is 690 g/mol. The van der Waals surface area contributed by atoms with Crippen LogP contribution in [0.25, 0.3) is 0 Å². The summed E-state index contributed by atoms with van der Waals surface area (Å²) in [6, 6.07) is 9.75. The smallest absolute Gasteiger partial charge is 0.219 e. The summed E-state index contributed by atoms with van der Waals surface area (Å²) in [5.41, 5.74) is 4.11. The van der Waals surface area contributed by atoms with Gasteiger partial charge in [0.2, 0.25) is 5.91 Å². The summed E-state index contributed by atoms with van der Waals surface area (Å²) in [6.45, 7) is 6.09. The van der Waals surface area contributed by atoms with Crippen molar-refractivity contribution in [1.82, 2.24) is 15.5 Å². The Kier molecular flexibility index (Phi) is 12.5. The van der Waals surface area contributed by atoms with Crippen LogP contribution in [0.2, 0.25) is 0 Å². The van der Waals surface area contributed by atoms with Crippen molar-refractivity contribution < 1.29 is 14.4 Å². The molecule has 2 aliphatic rings. The van der Waals surface area contributed by atoms with Crippen molar-refractivity contribution in [1.29, 1.82) is 0 Å². The normalized spacial score (nSPS) is 24.0. The van der Waals surface area contributed by atoms with Gasteiger partial charge < -0.3 is 15.4 Å². The molecule has 0 spiro atoms. The van der Waals surface area contributed by atoms with Gasteiger partial charge in [-0.1, -0.05) is 50.9 Å². The molecule has 0 aromatic heterocycles. The van der Waals surface area contributed by atoms with Gasteiger partial charge in [-0.2, -0.15) is 0 Å². The van der Waals surface area contributed by atoms with E-state index in [-0.39, 0.29) is 17.9 Å². The van der Waals surface area contributed by atoms with Crippen LogP contribution in [-0.4, -0.2) is 49.1 Å². The van der Waals surface area contributed by atoms with Crippen LogP contribution in [-0.2, 0) is 28.4 Å². The molecule has 0 saturated heterocycles. The SMILES string of the molecule is CNC(=O)CCC(C=O)N(C)Cc1c(C=O)cccc1SCc1cc(Br)c(CNC2(C)CC3CC(C)CC(C3)C2)cc1Br. The van der Waals surface area contributed by atoms with Crippen molar-refractivity contribution in [3.8, 4) is 0 Å². The predicted molar refractivity (Wildman–Crippen MR) is 182 cm³/mol. The van der Waals surface area contributed by atoms with Gasteiger partial charge in [0.1, 0.15) is 12.6 Å². The third kappa shape index (κ3) is 9.25. The second-order valence-electron chi connectivity index (χ2n) is 13.0. The highest BCUT2D eigenvalue weighted by molar-refractivity contribution is 9.11. The number of carbonyl (C=O) groups excluding carboxylic acids is 3. The molecule has 4 rings (SSSR count). The number of nitrogens with one attached hydrogen (secondary N) is 2. The monoisotopic (exact) mass is 733 g/mol. The van der Waals surface area contributed by atoms with Crippen LogP contribution in [0.5, 0.6) is 0 Å². The molecule has 3 atom stereocenters. The molecular formula is C34H45Br2N3O3S. The zero-order valence-electron chi connectivity index (χ0n) is 25.8. The summed E-state index contributed by atoms with van der Waals surface area (Å²) in [5.74, 6) is 3.20. The number of fused-ring (bicyclic) bond motifs is 2. The molecule has 9 heteroatoms. The first-order valence-corrected chi connectivity index (χ1v) is 17.9. The fourth-order valence-corrected chi connectivity index (χ4v) is 9.56. The van der Waals surface area contributed by atoms with Crippen molar-refractivity contribution in [3.05, 3.63) is 61.5 Å². The van der Waals surface area contributed by atoms with Crippen LogP contribution in [0.3, 0.4) is 0 Å². The van der Waals surface area contributed by atoms with Gasteiger partial charge in [0.05, 0.1) is 6.04 Å². The number of likely N-dealkylation sites (N-methyl/N-ethyl adjacent to an activating group) is 1. The van der Waals surface area contributed by atoms with Crippen LogP contribution in [0, 0.1) is 17.8 Å². The molecule has 0 heterocycles. The summed E-state index contributed by atoms with van der Waals surface area (Å²) < 4.78 is 2.17. The molecule has 2 aromatic carbocycles. The largest absolute Gasteiger partial charge is 0.359 e. The lowest BCUT2D eigenvalue weighted by Gasteiger charge is -2.48. The van der Waals surface area contributed by atoms with Crippen molar-refractivity contribution in [2.75, 3.05) is 14.1 Å². The number of rotatable bonds is 14. The Morgan fingerprint density at radius 3 is 2.44 bits per heavy atom. The van der Waals surface area contributed by atoms with Gasteiger partial charge in [-0.3, -0.25) is 14.5 Å². The fourth-order valence-electron chi connectivity index (χ4n) is 7.23. The highest BCUT2D eigenvalue weighted by Gasteiger charge is 2.40. The maximum absolute atomic E-state index is 12.0. The maximum Gasteiger partial charge on any atom is 0.219 e. The van der Waals surface area contributed by atoms with Crippen LogP contribution >= 0.6 is 43.6 Å². The molecule has 3 unspecified atom stereocenters. The van der Waals surface area contributed by atoms with E-state index in [4.69, 9.17) is 0 Å². The second kappa shape index (κ2) is 15.7. The minimum absolute atomic E-state index is 0.0940. The number of amides is 1. The number of nitrogens with zero attached hydrogens (tertiary/aromatic N) is 1. The summed E-state index contributed by atoms with van der Waals surface area (Å²) >= 11 is 9.36. The standard InChI is InChI=1S/C34H45Br2N3O3S/c1-22-10-23-12-24(11-22)16-34(2,15-23)38-17-26-13-31(36)27(14-30(26)35)21-43-32-7-5-6-25(19-40)29(32)18-39(4)28(20-41)8-9-33(42)37-3/h5-7,13-14,19-20,22-24,28,38H,8-12,15-18,21H2,1-4H3,(H,37,42). The second-order valence-corrected chi connectivity index (χ2v) is 15.7. The molecule has 2 saturated carbocycles. The molecule has 2 fully saturated rings. The van der Waals surface area contributed by atoms with E-state index in [1.54, 1.807) is 18.8 Å². The molecule has 234 valence electrons. The Hall–Kier alpha value is -1.52. The molecule has 1 amide bonds. The molecule has 2 bridgehead atoms. The van der Waals surface area contributed by atoms with E-state index < -0.39 is 6.04 Å². The van der Waals surface area contributed by atoms with Crippen molar-refractivity contribution in [2.45, 2.75) is 94.1 Å². The first kappa shape index (κ1) is 34.4. The fraction of sp³-hybridized carbons (Fsp3) is 0.559. The molecule has 43 heavy (non-hydrogen) atoms. The van der Waals surface area contributed by atoms with Gasteiger partial charge in [-0.25, -0.2) is 0 Å². The van der Waals surface area contributed by atoms with Gasteiger partial charge in [-0.15, -0.1) is 11.8 Å². The maximum atomic E-state index is 12.0. The minimum Gasteiger partial charge on any atom is -0.359 e. The van der Waals surface area contributed by atoms with Gasteiger partial charge in [0, 0.05) is 57.3 Å². The van der Waals surface area contributed by atoms with Gasteiger partial charge >= 0.3 is 0 Å². The molecule has 6 nitrogen and oxygen atoms in total. The lowest BCUT2D eigenvalue weighted by molar-refractivity contribution is -0.121. The van der Waals surface area contributed by atoms with Gasteiger partial charge in [-0.05, 0) is 105 Å². The summed E-state index contributed by atoms with van der Waals surface area (Å²) in [4.78, 5) is 38.4. The summed E-state index contributed by atoms with van der Waals surface area (Å²) in [5, 5.41) is 6.54. The number of thioether (sulfide) groups is 1. The zero-order valence-corrected chi connectivity index (χ0v) is 29.7. The van der Waals surface area contributed by atoms with Crippen LogP contribution in [0.4, 0.5) is 0 Å². The number of carbonyl (C=O) groups is 3. The molecule has 2 N–H and O–H groups in total. The molecule has 2 aromatic rings. The number of aldehydes is 2. The Morgan fingerprint density at radius 1 is 1.12 bits per heavy atom.